The summed E-state index contributed by atoms with van der Waals surface area (Å²) in [7, 11) is 1.63. The fraction of sp³-hybridized carbons (Fsp3) is 0.300. The van der Waals surface area contributed by atoms with Crippen LogP contribution in [0.5, 0.6) is 11.5 Å². The zero-order chi connectivity index (χ0) is 19.1. The number of thiophene rings is 1. The number of carbonyl (C=O) groups excluding carboxylic acids is 1. The van der Waals surface area contributed by atoms with Crippen LogP contribution >= 0.6 is 22.7 Å². The Morgan fingerprint density at radius 3 is 2.67 bits per heavy atom. The first-order chi connectivity index (χ1) is 13.2. The van der Waals surface area contributed by atoms with Gasteiger partial charge >= 0.3 is 0 Å². The number of carbonyl (C=O) groups is 1. The van der Waals surface area contributed by atoms with Crippen LogP contribution in [-0.4, -0.2) is 31.2 Å². The molecule has 0 aliphatic carbocycles. The number of nitrogens with zero attached hydrogens (tertiary/aromatic N) is 1. The molecular formula is C20H22N2O3S2. The average molecular weight is 403 g/mol. The lowest BCUT2D eigenvalue weighted by Crippen LogP contribution is -2.28. The van der Waals surface area contributed by atoms with E-state index in [1.807, 2.05) is 42.6 Å². The van der Waals surface area contributed by atoms with Crippen LogP contribution in [0, 0.1) is 6.92 Å². The van der Waals surface area contributed by atoms with E-state index in [0.717, 1.165) is 27.1 Å². The SMILES string of the molecule is COc1ccc(OCCNC(=O)CCc2sc(C)nc2-c2cccs2)cc1. The van der Waals surface area contributed by atoms with Gasteiger partial charge in [-0.05, 0) is 49.1 Å². The molecule has 1 amide bonds. The van der Waals surface area contributed by atoms with E-state index in [2.05, 4.69) is 16.4 Å². The Labute approximate surface area is 167 Å². The van der Waals surface area contributed by atoms with E-state index >= 15 is 0 Å². The van der Waals surface area contributed by atoms with Crippen LogP contribution < -0.4 is 14.8 Å². The summed E-state index contributed by atoms with van der Waals surface area (Å²) in [6, 6.07) is 11.5. The van der Waals surface area contributed by atoms with Gasteiger partial charge in [0.25, 0.3) is 0 Å². The summed E-state index contributed by atoms with van der Waals surface area (Å²) in [6.45, 7) is 2.91. The van der Waals surface area contributed by atoms with Crippen LogP contribution in [0.3, 0.4) is 0 Å². The monoisotopic (exact) mass is 402 g/mol. The van der Waals surface area contributed by atoms with Crippen LogP contribution in [0.2, 0.25) is 0 Å². The molecule has 0 aliphatic heterocycles. The lowest BCUT2D eigenvalue weighted by molar-refractivity contribution is -0.121. The molecule has 2 aromatic heterocycles. The number of thiazole rings is 1. The van der Waals surface area contributed by atoms with Crippen molar-refractivity contribution >= 4 is 28.6 Å². The summed E-state index contributed by atoms with van der Waals surface area (Å²) in [6.07, 6.45) is 1.15. The molecule has 3 aromatic rings. The summed E-state index contributed by atoms with van der Waals surface area (Å²) in [5, 5.41) is 5.98. The largest absolute Gasteiger partial charge is 0.497 e. The number of methoxy groups -OCH3 is 1. The molecule has 0 saturated heterocycles. The molecule has 5 nitrogen and oxygen atoms in total. The van der Waals surface area contributed by atoms with Gasteiger partial charge in [0.05, 0.1) is 29.2 Å². The molecule has 2 heterocycles. The van der Waals surface area contributed by atoms with Gasteiger partial charge in [0.1, 0.15) is 18.1 Å². The lowest BCUT2D eigenvalue weighted by Gasteiger charge is -2.08. The van der Waals surface area contributed by atoms with Gasteiger partial charge in [-0.15, -0.1) is 22.7 Å². The number of benzene rings is 1. The molecule has 0 unspecified atom stereocenters. The van der Waals surface area contributed by atoms with Gasteiger partial charge in [0, 0.05) is 11.3 Å². The number of rotatable bonds is 9. The first kappa shape index (κ1) is 19.4. The maximum Gasteiger partial charge on any atom is 0.220 e. The van der Waals surface area contributed by atoms with Crippen molar-refractivity contribution in [2.45, 2.75) is 19.8 Å². The standard InChI is InChI=1S/C20H22N2O3S2/c1-14-22-20(17-4-3-13-26-17)18(27-14)9-10-19(23)21-11-12-25-16-7-5-15(24-2)6-8-16/h3-8,13H,9-12H2,1-2H3,(H,21,23). The molecular weight excluding hydrogens is 380 g/mol. The van der Waals surface area contributed by atoms with E-state index < -0.39 is 0 Å². The van der Waals surface area contributed by atoms with Gasteiger partial charge in [0.15, 0.2) is 0 Å². The summed E-state index contributed by atoms with van der Waals surface area (Å²) in [5.41, 5.74) is 1.02. The fourth-order valence-corrected chi connectivity index (χ4v) is 4.35. The molecule has 142 valence electrons. The highest BCUT2D eigenvalue weighted by Crippen LogP contribution is 2.31. The highest BCUT2D eigenvalue weighted by Gasteiger charge is 2.13. The Kier molecular flexibility index (Phi) is 6.84. The lowest BCUT2D eigenvalue weighted by atomic mass is 10.2. The van der Waals surface area contributed by atoms with Crippen LogP contribution in [0.4, 0.5) is 0 Å². The Hall–Kier alpha value is -2.38. The number of amides is 1. The molecule has 27 heavy (non-hydrogen) atoms. The topological polar surface area (TPSA) is 60.5 Å². The first-order valence-corrected chi connectivity index (χ1v) is 10.4. The third kappa shape index (κ3) is 5.55. The molecule has 0 aliphatic rings. The van der Waals surface area contributed by atoms with Gasteiger partial charge in [0.2, 0.25) is 5.91 Å². The zero-order valence-electron chi connectivity index (χ0n) is 15.4. The van der Waals surface area contributed by atoms with E-state index in [9.17, 15) is 4.79 Å². The molecule has 1 aromatic carbocycles. The van der Waals surface area contributed by atoms with Gasteiger partial charge in [-0.1, -0.05) is 6.07 Å². The predicted octanol–water partition coefficient (Wildman–Crippen LogP) is 4.32. The normalized spacial score (nSPS) is 10.6. The van der Waals surface area contributed by atoms with Crippen LogP contribution in [0.1, 0.15) is 16.3 Å². The highest BCUT2D eigenvalue weighted by molar-refractivity contribution is 7.15. The molecule has 0 saturated carbocycles. The van der Waals surface area contributed by atoms with Crippen molar-refractivity contribution in [1.29, 1.82) is 0 Å². The molecule has 0 fully saturated rings. The average Bonchev–Trinajstić information content (AvgIpc) is 3.33. The van der Waals surface area contributed by atoms with Gasteiger partial charge in [-0.25, -0.2) is 4.98 Å². The van der Waals surface area contributed by atoms with Crippen LogP contribution in [0.25, 0.3) is 10.6 Å². The second-order valence-corrected chi connectivity index (χ2v) is 8.09. The second-order valence-electron chi connectivity index (χ2n) is 5.86. The van der Waals surface area contributed by atoms with Gasteiger partial charge in [-0.2, -0.15) is 0 Å². The number of hydrogen-bond donors (Lipinski definition) is 1. The Bertz CT molecular complexity index is 858. The molecule has 0 bridgehead atoms. The van der Waals surface area contributed by atoms with Crippen LogP contribution in [0.15, 0.2) is 41.8 Å². The van der Waals surface area contributed by atoms with Gasteiger partial charge < -0.3 is 14.8 Å². The van der Waals surface area contributed by atoms with Crippen molar-refractivity contribution in [2.75, 3.05) is 20.3 Å². The highest BCUT2D eigenvalue weighted by atomic mass is 32.1. The Balaban J connectivity index is 1.41. The minimum Gasteiger partial charge on any atom is -0.497 e. The van der Waals surface area contributed by atoms with E-state index in [1.165, 1.54) is 4.88 Å². The number of nitrogens with one attached hydrogen (secondary N) is 1. The fourth-order valence-electron chi connectivity index (χ4n) is 2.59. The molecule has 1 N–H and O–H groups in total. The number of aromatic nitrogens is 1. The van der Waals surface area contributed by atoms with E-state index in [1.54, 1.807) is 29.8 Å². The number of aryl methyl sites for hydroxylation is 2. The third-order valence-corrected chi connectivity index (χ3v) is 5.80. The van der Waals surface area contributed by atoms with Crippen molar-refractivity contribution in [3.63, 3.8) is 0 Å². The molecule has 0 spiro atoms. The summed E-state index contributed by atoms with van der Waals surface area (Å²) in [4.78, 5) is 19.1. The second kappa shape index (κ2) is 9.53. The Morgan fingerprint density at radius 2 is 1.96 bits per heavy atom. The van der Waals surface area contributed by atoms with Crippen molar-refractivity contribution in [1.82, 2.24) is 10.3 Å². The Morgan fingerprint density at radius 1 is 1.19 bits per heavy atom. The molecule has 0 radical (unpaired) electrons. The minimum absolute atomic E-state index is 0.0245. The van der Waals surface area contributed by atoms with E-state index in [-0.39, 0.29) is 5.91 Å². The quantitative estimate of drug-likeness (QED) is 0.542. The van der Waals surface area contributed by atoms with Crippen molar-refractivity contribution in [2.24, 2.45) is 0 Å². The summed E-state index contributed by atoms with van der Waals surface area (Å²) >= 11 is 3.34. The molecule has 0 atom stereocenters. The maximum atomic E-state index is 12.1. The maximum absolute atomic E-state index is 12.1. The first-order valence-electron chi connectivity index (χ1n) is 8.69. The third-order valence-electron chi connectivity index (χ3n) is 3.89. The van der Waals surface area contributed by atoms with Crippen molar-refractivity contribution < 1.29 is 14.3 Å². The van der Waals surface area contributed by atoms with E-state index in [0.29, 0.717) is 26.0 Å². The van der Waals surface area contributed by atoms with Gasteiger partial charge in [-0.3, -0.25) is 4.79 Å². The molecule has 7 heteroatoms. The summed E-state index contributed by atoms with van der Waals surface area (Å²) in [5.74, 6) is 1.57. The summed E-state index contributed by atoms with van der Waals surface area (Å²) < 4.78 is 10.7. The van der Waals surface area contributed by atoms with E-state index in [4.69, 9.17) is 9.47 Å². The van der Waals surface area contributed by atoms with Crippen molar-refractivity contribution in [3.05, 3.63) is 51.7 Å². The minimum atomic E-state index is 0.0245. The number of hydrogen-bond acceptors (Lipinski definition) is 6. The number of ether oxygens (including phenoxy) is 2. The predicted molar refractivity (Wildman–Crippen MR) is 110 cm³/mol. The smallest absolute Gasteiger partial charge is 0.220 e. The molecule has 3 rings (SSSR count). The zero-order valence-corrected chi connectivity index (χ0v) is 17.0. The van der Waals surface area contributed by atoms with Crippen molar-refractivity contribution in [3.8, 4) is 22.1 Å². The van der Waals surface area contributed by atoms with Crippen LogP contribution in [-0.2, 0) is 11.2 Å².